The highest BCUT2D eigenvalue weighted by Gasteiger charge is 2.43. The maximum absolute atomic E-state index is 13.1. The van der Waals surface area contributed by atoms with Crippen LogP contribution in [0.4, 0.5) is 5.69 Å². The van der Waals surface area contributed by atoms with Crippen LogP contribution in [0.1, 0.15) is 23.6 Å². The van der Waals surface area contributed by atoms with Crippen LogP contribution in [0.25, 0.3) is 0 Å². The molecule has 0 aliphatic carbocycles. The quantitative estimate of drug-likeness (QED) is 0.585. The van der Waals surface area contributed by atoms with Gasteiger partial charge in [-0.15, -0.1) is 0 Å². The molecule has 32 heavy (non-hydrogen) atoms. The van der Waals surface area contributed by atoms with Crippen LogP contribution in [0.15, 0.2) is 91.0 Å². The Labute approximate surface area is 188 Å². The highest BCUT2D eigenvalue weighted by atomic mass is 16.2. The number of nitrogens with zero attached hydrogens (tertiary/aromatic N) is 3. The number of carbonyl (C=O) groups is 2. The summed E-state index contributed by atoms with van der Waals surface area (Å²) in [6.45, 7) is 3.22. The van der Waals surface area contributed by atoms with Crippen LogP contribution in [-0.4, -0.2) is 53.8 Å². The van der Waals surface area contributed by atoms with Gasteiger partial charge in [0.25, 0.3) is 5.91 Å². The zero-order chi connectivity index (χ0) is 21.9. The van der Waals surface area contributed by atoms with E-state index in [9.17, 15) is 9.59 Å². The van der Waals surface area contributed by atoms with Crippen molar-refractivity contribution >= 4 is 17.5 Å². The Bertz CT molecular complexity index is 1020. The van der Waals surface area contributed by atoms with E-state index in [1.807, 2.05) is 42.5 Å². The molecule has 2 fully saturated rings. The first-order chi connectivity index (χ1) is 15.7. The maximum atomic E-state index is 13.1. The zero-order valence-electron chi connectivity index (χ0n) is 18.0. The fraction of sp³-hybridized carbons (Fsp3) is 0.259. The molecular weight excluding hydrogens is 398 g/mol. The van der Waals surface area contributed by atoms with Crippen molar-refractivity contribution < 1.29 is 9.59 Å². The van der Waals surface area contributed by atoms with E-state index in [1.165, 1.54) is 16.0 Å². The van der Waals surface area contributed by atoms with Crippen molar-refractivity contribution in [3.8, 4) is 0 Å². The predicted molar refractivity (Wildman–Crippen MR) is 125 cm³/mol. The van der Waals surface area contributed by atoms with Crippen LogP contribution in [-0.2, 0) is 9.59 Å². The van der Waals surface area contributed by atoms with Gasteiger partial charge < -0.3 is 0 Å². The van der Waals surface area contributed by atoms with Gasteiger partial charge in [0.1, 0.15) is 0 Å². The zero-order valence-corrected chi connectivity index (χ0v) is 18.0. The third-order valence-corrected chi connectivity index (χ3v) is 6.52. The average Bonchev–Trinajstić information content (AvgIpc) is 3.15. The van der Waals surface area contributed by atoms with Crippen molar-refractivity contribution in [2.45, 2.75) is 18.5 Å². The van der Waals surface area contributed by atoms with Crippen LogP contribution < -0.4 is 4.90 Å². The first-order valence-electron chi connectivity index (χ1n) is 11.2. The Morgan fingerprint density at radius 2 is 1.16 bits per heavy atom. The lowest BCUT2D eigenvalue weighted by molar-refractivity contribution is -0.123. The number of rotatable bonds is 5. The number of hydrogen-bond donors (Lipinski definition) is 0. The van der Waals surface area contributed by atoms with E-state index in [1.54, 1.807) is 0 Å². The Balaban J connectivity index is 1.31. The molecule has 3 aromatic rings. The Morgan fingerprint density at radius 3 is 1.69 bits per heavy atom. The van der Waals surface area contributed by atoms with Crippen molar-refractivity contribution in [1.29, 1.82) is 0 Å². The van der Waals surface area contributed by atoms with Crippen LogP contribution in [0.5, 0.6) is 0 Å². The normalized spacial score (nSPS) is 20.3. The third-order valence-electron chi connectivity index (χ3n) is 6.52. The summed E-state index contributed by atoms with van der Waals surface area (Å²) in [5.74, 6) is -0.211. The lowest BCUT2D eigenvalue weighted by Gasteiger charge is -2.41. The van der Waals surface area contributed by atoms with Crippen LogP contribution in [0.2, 0.25) is 0 Å². The van der Waals surface area contributed by atoms with E-state index in [0.717, 1.165) is 26.2 Å². The first kappa shape index (κ1) is 20.6. The fourth-order valence-corrected chi connectivity index (χ4v) is 4.94. The molecule has 0 unspecified atom stereocenters. The lowest BCUT2D eigenvalue weighted by atomic mass is 9.96. The van der Waals surface area contributed by atoms with Crippen LogP contribution in [0, 0.1) is 0 Å². The molecule has 5 heteroatoms. The lowest BCUT2D eigenvalue weighted by Crippen LogP contribution is -2.53. The second-order valence-electron chi connectivity index (χ2n) is 8.42. The molecule has 0 saturated carbocycles. The van der Waals surface area contributed by atoms with Crippen molar-refractivity contribution in [2.75, 3.05) is 31.1 Å². The molecule has 5 rings (SSSR count). The Hall–Kier alpha value is -3.28. The molecule has 3 aromatic carbocycles. The number of benzene rings is 3. The van der Waals surface area contributed by atoms with Gasteiger partial charge in [0.2, 0.25) is 5.91 Å². The van der Waals surface area contributed by atoms with Crippen molar-refractivity contribution in [1.82, 2.24) is 9.80 Å². The summed E-state index contributed by atoms with van der Waals surface area (Å²) in [7, 11) is 0. The van der Waals surface area contributed by atoms with E-state index in [-0.39, 0.29) is 30.3 Å². The first-order valence-corrected chi connectivity index (χ1v) is 11.2. The van der Waals surface area contributed by atoms with Gasteiger partial charge in [-0.05, 0) is 23.3 Å². The number of anilines is 1. The maximum Gasteiger partial charge on any atom is 0.251 e. The van der Waals surface area contributed by atoms with E-state index < -0.39 is 0 Å². The Morgan fingerprint density at radius 1 is 0.656 bits per heavy atom. The summed E-state index contributed by atoms with van der Waals surface area (Å²) in [5, 5.41) is 0. The molecule has 0 radical (unpaired) electrons. The number of piperazine rings is 1. The van der Waals surface area contributed by atoms with E-state index in [4.69, 9.17) is 0 Å². The van der Waals surface area contributed by atoms with Gasteiger partial charge >= 0.3 is 0 Å². The van der Waals surface area contributed by atoms with E-state index >= 15 is 0 Å². The van der Waals surface area contributed by atoms with Gasteiger partial charge in [-0.1, -0.05) is 78.9 Å². The summed E-state index contributed by atoms with van der Waals surface area (Å²) < 4.78 is 0. The number of hydrogen-bond acceptors (Lipinski definition) is 4. The number of para-hydroxylation sites is 1. The molecule has 2 heterocycles. The molecule has 2 aliphatic heterocycles. The summed E-state index contributed by atoms with van der Waals surface area (Å²) in [4.78, 5) is 31.8. The van der Waals surface area contributed by atoms with Crippen LogP contribution >= 0.6 is 0 Å². The van der Waals surface area contributed by atoms with Crippen molar-refractivity contribution in [2.24, 2.45) is 0 Å². The number of imide groups is 1. The molecule has 2 aliphatic rings. The minimum atomic E-state index is -0.364. The second-order valence-corrected chi connectivity index (χ2v) is 8.42. The third kappa shape index (κ3) is 3.97. The molecule has 0 bridgehead atoms. The van der Waals surface area contributed by atoms with E-state index in [2.05, 4.69) is 58.3 Å². The summed E-state index contributed by atoms with van der Waals surface area (Å²) >= 11 is 0. The number of amides is 2. The van der Waals surface area contributed by atoms with E-state index in [0.29, 0.717) is 5.69 Å². The fourth-order valence-electron chi connectivity index (χ4n) is 4.94. The molecule has 2 amide bonds. The largest absolute Gasteiger partial charge is 0.290 e. The van der Waals surface area contributed by atoms with Gasteiger partial charge in [-0.25, -0.2) is 4.90 Å². The summed E-state index contributed by atoms with van der Waals surface area (Å²) in [6.07, 6.45) is 0.258. The molecule has 1 atom stereocenters. The van der Waals surface area contributed by atoms with Gasteiger partial charge in [0.15, 0.2) is 0 Å². The predicted octanol–water partition coefficient (Wildman–Crippen LogP) is 3.73. The Kier molecular flexibility index (Phi) is 5.84. The smallest absolute Gasteiger partial charge is 0.251 e. The molecular formula is C27H27N3O2. The van der Waals surface area contributed by atoms with Gasteiger partial charge in [-0.3, -0.25) is 19.4 Å². The molecule has 2 saturated heterocycles. The van der Waals surface area contributed by atoms with Crippen LogP contribution in [0.3, 0.4) is 0 Å². The molecule has 162 valence electrons. The molecule has 0 aromatic heterocycles. The SMILES string of the molecule is O=C1C[C@H](N2CCN(C(c3ccccc3)c3ccccc3)CC2)C(=O)N1c1ccccc1. The molecule has 0 N–H and O–H groups in total. The standard InChI is InChI=1S/C27H27N3O2/c31-25-20-24(27(32)30(25)23-14-8-3-9-15-23)28-16-18-29(19-17-28)26(21-10-4-1-5-11-21)22-12-6-2-7-13-22/h1-15,24,26H,16-20H2/t24-/m0/s1. The molecule has 5 nitrogen and oxygen atoms in total. The minimum Gasteiger partial charge on any atom is -0.290 e. The highest BCUT2D eigenvalue weighted by molar-refractivity contribution is 6.22. The monoisotopic (exact) mass is 425 g/mol. The second kappa shape index (κ2) is 9.07. The van der Waals surface area contributed by atoms with Gasteiger partial charge in [0.05, 0.1) is 24.2 Å². The summed E-state index contributed by atoms with van der Waals surface area (Å²) in [6, 6.07) is 30.2. The molecule has 0 spiro atoms. The van der Waals surface area contributed by atoms with Crippen molar-refractivity contribution in [3.63, 3.8) is 0 Å². The van der Waals surface area contributed by atoms with Gasteiger partial charge in [-0.2, -0.15) is 0 Å². The topological polar surface area (TPSA) is 43.9 Å². The highest BCUT2D eigenvalue weighted by Crippen LogP contribution is 2.31. The number of carbonyl (C=O) groups excluding carboxylic acids is 2. The minimum absolute atomic E-state index is 0.0997. The van der Waals surface area contributed by atoms with Gasteiger partial charge in [0, 0.05) is 26.2 Å². The summed E-state index contributed by atoms with van der Waals surface area (Å²) in [5.41, 5.74) is 3.21. The van der Waals surface area contributed by atoms with Crippen molar-refractivity contribution in [3.05, 3.63) is 102 Å². The average molecular weight is 426 g/mol.